The monoisotopic (exact) mass is 238 g/mol. The normalized spacial score (nSPS) is 19.9. The Labute approximate surface area is 103 Å². The van der Waals surface area contributed by atoms with Gasteiger partial charge in [-0.2, -0.15) is 0 Å². The highest BCUT2D eigenvalue weighted by Gasteiger charge is 2.14. The van der Waals surface area contributed by atoms with Crippen LogP contribution in [0.2, 0.25) is 0 Å². The lowest BCUT2D eigenvalue weighted by atomic mass is 10.1. The Morgan fingerprint density at radius 2 is 2.53 bits per heavy atom. The molecule has 1 aromatic rings. The minimum atomic E-state index is 0.486. The number of aromatic nitrogens is 3. The first-order chi connectivity index (χ1) is 8.38. The summed E-state index contributed by atoms with van der Waals surface area (Å²) in [6.07, 6.45) is 7.22. The highest BCUT2D eigenvalue weighted by molar-refractivity contribution is 4.91. The van der Waals surface area contributed by atoms with Gasteiger partial charge in [-0.3, -0.25) is 4.68 Å². The SMILES string of the molecule is CCNCc1cn(CCCC2CCCO2)nn1. The molecule has 17 heavy (non-hydrogen) atoms. The third-order valence-corrected chi connectivity index (χ3v) is 3.08. The van der Waals surface area contributed by atoms with Crippen LogP contribution in [0, 0.1) is 0 Å². The molecule has 1 aliphatic rings. The quantitative estimate of drug-likeness (QED) is 0.779. The zero-order valence-corrected chi connectivity index (χ0v) is 10.6. The van der Waals surface area contributed by atoms with Gasteiger partial charge in [0, 0.05) is 25.9 Å². The van der Waals surface area contributed by atoms with E-state index < -0.39 is 0 Å². The number of aryl methyl sites for hydroxylation is 1. The van der Waals surface area contributed by atoms with Crippen LogP contribution in [0.3, 0.4) is 0 Å². The first-order valence-corrected chi connectivity index (χ1v) is 6.60. The van der Waals surface area contributed by atoms with E-state index >= 15 is 0 Å². The summed E-state index contributed by atoms with van der Waals surface area (Å²) in [5, 5.41) is 11.5. The van der Waals surface area contributed by atoms with Gasteiger partial charge in [-0.05, 0) is 32.2 Å². The van der Waals surface area contributed by atoms with Gasteiger partial charge in [0.15, 0.2) is 0 Å². The fourth-order valence-corrected chi connectivity index (χ4v) is 2.13. The van der Waals surface area contributed by atoms with Crippen LogP contribution in [0.1, 0.15) is 38.3 Å². The smallest absolute Gasteiger partial charge is 0.0964 e. The zero-order valence-electron chi connectivity index (χ0n) is 10.6. The van der Waals surface area contributed by atoms with E-state index in [-0.39, 0.29) is 0 Å². The molecule has 5 nitrogen and oxygen atoms in total. The van der Waals surface area contributed by atoms with Crippen molar-refractivity contribution in [2.24, 2.45) is 0 Å². The Balaban J connectivity index is 1.65. The molecule has 1 aliphatic heterocycles. The van der Waals surface area contributed by atoms with Crippen LogP contribution in [0.25, 0.3) is 0 Å². The molecule has 1 saturated heterocycles. The first-order valence-electron chi connectivity index (χ1n) is 6.60. The van der Waals surface area contributed by atoms with Gasteiger partial charge in [0.2, 0.25) is 0 Å². The van der Waals surface area contributed by atoms with E-state index in [0.29, 0.717) is 6.10 Å². The molecule has 1 atom stereocenters. The molecule has 2 rings (SSSR count). The van der Waals surface area contributed by atoms with Gasteiger partial charge in [0.1, 0.15) is 0 Å². The van der Waals surface area contributed by atoms with Gasteiger partial charge in [-0.15, -0.1) is 5.10 Å². The van der Waals surface area contributed by atoms with Crippen molar-refractivity contribution in [3.8, 4) is 0 Å². The Morgan fingerprint density at radius 1 is 1.59 bits per heavy atom. The second-order valence-corrected chi connectivity index (χ2v) is 4.53. The summed E-state index contributed by atoms with van der Waals surface area (Å²) >= 11 is 0. The van der Waals surface area contributed by atoms with Gasteiger partial charge in [-0.25, -0.2) is 0 Å². The van der Waals surface area contributed by atoms with E-state index in [1.807, 2.05) is 10.9 Å². The zero-order chi connectivity index (χ0) is 11.9. The predicted octanol–water partition coefficient (Wildman–Crippen LogP) is 1.35. The molecule has 96 valence electrons. The molecule has 0 saturated carbocycles. The molecule has 0 radical (unpaired) electrons. The van der Waals surface area contributed by atoms with Crippen molar-refractivity contribution in [3.05, 3.63) is 11.9 Å². The van der Waals surface area contributed by atoms with Gasteiger partial charge in [0.25, 0.3) is 0 Å². The fraction of sp³-hybridized carbons (Fsp3) is 0.833. The summed E-state index contributed by atoms with van der Waals surface area (Å²) in [5.74, 6) is 0. The maximum Gasteiger partial charge on any atom is 0.0964 e. The average Bonchev–Trinajstić information content (AvgIpc) is 2.98. The van der Waals surface area contributed by atoms with Crippen LogP contribution in [-0.4, -0.2) is 34.2 Å². The minimum absolute atomic E-state index is 0.486. The van der Waals surface area contributed by atoms with Crippen molar-refractivity contribution in [1.29, 1.82) is 0 Å². The molecule has 1 aromatic heterocycles. The standard InChI is InChI=1S/C12H22N4O/c1-2-13-9-11-10-16(15-14-11)7-3-5-12-6-4-8-17-12/h10,12-13H,2-9H2,1H3. The molecular weight excluding hydrogens is 216 g/mol. The van der Waals surface area contributed by atoms with Crippen LogP contribution in [-0.2, 0) is 17.8 Å². The third kappa shape index (κ3) is 4.09. The Morgan fingerprint density at radius 3 is 3.29 bits per heavy atom. The number of nitrogens with zero attached hydrogens (tertiary/aromatic N) is 3. The molecule has 0 amide bonds. The molecule has 0 spiro atoms. The van der Waals surface area contributed by atoms with E-state index in [4.69, 9.17) is 4.74 Å². The minimum Gasteiger partial charge on any atom is -0.378 e. The largest absolute Gasteiger partial charge is 0.378 e. The second-order valence-electron chi connectivity index (χ2n) is 4.53. The first kappa shape index (κ1) is 12.5. The lowest BCUT2D eigenvalue weighted by molar-refractivity contribution is 0.101. The molecule has 0 aliphatic carbocycles. The molecule has 0 bridgehead atoms. The molecule has 1 fully saturated rings. The topological polar surface area (TPSA) is 52.0 Å². The van der Waals surface area contributed by atoms with Crippen molar-refractivity contribution in [2.45, 2.75) is 51.8 Å². The van der Waals surface area contributed by atoms with Crippen LogP contribution in [0.5, 0.6) is 0 Å². The van der Waals surface area contributed by atoms with Crippen LogP contribution >= 0.6 is 0 Å². The summed E-state index contributed by atoms with van der Waals surface area (Å²) in [5.41, 5.74) is 1.02. The van der Waals surface area contributed by atoms with E-state index in [1.165, 1.54) is 12.8 Å². The van der Waals surface area contributed by atoms with Crippen molar-refractivity contribution >= 4 is 0 Å². The van der Waals surface area contributed by atoms with Crippen molar-refractivity contribution in [1.82, 2.24) is 20.3 Å². The highest BCUT2D eigenvalue weighted by atomic mass is 16.5. The molecule has 1 N–H and O–H groups in total. The molecule has 0 aromatic carbocycles. The highest BCUT2D eigenvalue weighted by Crippen LogP contribution is 2.16. The van der Waals surface area contributed by atoms with Gasteiger partial charge in [0.05, 0.1) is 11.8 Å². The van der Waals surface area contributed by atoms with Gasteiger partial charge < -0.3 is 10.1 Å². The van der Waals surface area contributed by atoms with Crippen molar-refractivity contribution in [2.75, 3.05) is 13.2 Å². The third-order valence-electron chi connectivity index (χ3n) is 3.08. The van der Waals surface area contributed by atoms with Crippen LogP contribution in [0.15, 0.2) is 6.20 Å². The van der Waals surface area contributed by atoms with E-state index in [9.17, 15) is 0 Å². The Hall–Kier alpha value is -0.940. The number of rotatable bonds is 7. The fourth-order valence-electron chi connectivity index (χ4n) is 2.13. The van der Waals surface area contributed by atoms with E-state index in [2.05, 4.69) is 22.6 Å². The summed E-state index contributed by atoms with van der Waals surface area (Å²) in [6, 6.07) is 0. The van der Waals surface area contributed by atoms with Crippen LogP contribution in [0.4, 0.5) is 0 Å². The van der Waals surface area contributed by atoms with Gasteiger partial charge in [-0.1, -0.05) is 12.1 Å². The van der Waals surface area contributed by atoms with Crippen molar-refractivity contribution < 1.29 is 4.74 Å². The lowest BCUT2D eigenvalue weighted by Crippen LogP contribution is -2.11. The maximum absolute atomic E-state index is 5.59. The maximum atomic E-state index is 5.59. The number of hydrogen-bond acceptors (Lipinski definition) is 4. The summed E-state index contributed by atoms with van der Waals surface area (Å²) in [6.45, 7) is 5.75. The molecule has 1 unspecified atom stereocenters. The van der Waals surface area contributed by atoms with E-state index in [1.54, 1.807) is 0 Å². The Bertz CT molecular complexity index is 320. The molecule has 2 heterocycles. The second kappa shape index (κ2) is 6.71. The number of ether oxygens (including phenoxy) is 1. The summed E-state index contributed by atoms with van der Waals surface area (Å²) in [4.78, 5) is 0. The van der Waals surface area contributed by atoms with Crippen molar-refractivity contribution in [3.63, 3.8) is 0 Å². The number of nitrogens with one attached hydrogen (secondary N) is 1. The lowest BCUT2D eigenvalue weighted by Gasteiger charge is -2.07. The van der Waals surface area contributed by atoms with Crippen LogP contribution < -0.4 is 5.32 Å². The van der Waals surface area contributed by atoms with Gasteiger partial charge >= 0.3 is 0 Å². The number of hydrogen-bond donors (Lipinski definition) is 1. The molecule has 5 heteroatoms. The average molecular weight is 238 g/mol. The van der Waals surface area contributed by atoms with E-state index in [0.717, 1.165) is 44.8 Å². The summed E-state index contributed by atoms with van der Waals surface area (Å²) < 4.78 is 7.53. The summed E-state index contributed by atoms with van der Waals surface area (Å²) in [7, 11) is 0. The Kier molecular flexibility index (Phi) is 4.94. The molecular formula is C12H22N4O. The predicted molar refractivity (Wildman–Crippen MR) is 65.6 cm³/mol.